The molecule has 2 saturated heterocycles. The number of nitrogens with zero attached hydrogens (tertiary/aromatic N) is 3. The van der Waals surface area contributed by atoms with E-state index >= 15 is 0 Å². The van der Waals surface area contributed by atoms with E-state index in [2.05, 4.69) is 15.4 Å². The molecule has 27 heavy (non-hydrogen) atoms. The van der Waals surface area contributed by atoms with E-state index in [0.29, 0.717) is 24.3 Å². The van der Waals surface area contributed by atoms with Gasteiger partial charge in [-0.2, -0.15) is 0 Å². The lowest BCUT2D eigenvalue weighted by Gasteiger charge is -2.42. The summed E-state index contributed by atoms with van der Waals surface area (Å²) in [6, 6.07) is 2.75. The molecular formula is C20H30N4O3. The van der Waals surface area contributed by atoms with Crippen LogP contribution >= 0.6 is 0 Å². The first kappa shape index (κ1) is 18.5. The van der Waals surface area contributed by atoms with E-state index in [4.69, 9.17) is 4.52 Å². The van der Waals surface area contributed by atoms with Crippen molar-refractivity contribution in [2.75, 3.05) is 26.2 Å². The Labute approximate surface area is 160 Å². The third-order valence-electron chi connectivity index (χ3n) is 6.08. The molecule has 0 aromatic carbocycles. The minimum Gasteiger partial charge on any atom is -0.361 e. The molecular weight excluding hydrogens is 344 g/mol. The predicted octanol–water partition coefficient (Wildman–Crippen LogP) is 1.51. The second kappa shape index (κ2) is 8.00. The van der Waals surface area contributed by atoms with Crippen molar-refractivity contribution in [3.8, 4) is 0 Å². The van der Waals surface area contributed by atoms with Crippen LogP contribution in [-0.2, 0) is 16.0 Å². The zero-order valence-electron chi connectivity index (χ0n) is 16.2. The van der Waals surface area contributed by atoms with Gasteiger partial charge in [0, 0.05) is 37.8 Å². The van der Waals surface area contributed by atoms with E-state index in [1.54, 1.807) is 0 Å². The van der Waals surface area contributed by atoms with Gasteiger partial charge in [0.05, 0.1) is 18.0 Å². The Morgan fingerprint density at radius 2 is 1.96 bits per heavy atom. The van der Waals surface area contributed by atoms with Crippen molar-refractivity contribution in [2.24, 2.45) is 5.92 Å². The van der Waals surface area contributed by atoms with Gasteiger partial charge >= 0.3 is 0 Å². The molecule has 1 atom stereocenters. The van der Waals surface area contributed by atoms with Crippen molar-refractivity contribution in [3.05, 3.63) is 17.5 Å². The molecule has 1 N–H and O–H groups in total. The van der Waals surface area contributed by atoms with Crippen LogP contribution < -0.4 is 5.32 Å². The van der Waals surface area contributed by atoms with Crippen molar-refractivity contribution in [1.82, 2.24) is 20.3 Å². The van der Waals surface area contributed by atoms with E-state index in [1.165, 1.54) is 0 Å². The molecule has 2 aliphatic heterocycles. The van der Waals surface area contributed by atoms with Gasteiger partial charge in [-0.15, -0.1) is 0 Å². The van der Waals surface area contributed by atoms with Crippen molar-refractivity contribution in [2.45, 2.75) is 64.0 Å². The minimum atomic E-state index is 0.116. The van der Waals surface area contributed by atoms with Crippen molar-refractivity contribution in [1.29, 1.82) is 0 Å². The highest BCUT2D eigenvalue weighted by atomic mass is 16.5. The summed E-state index contributed by atoms with van der Waals surface area (Å²) in [4.78, 5) is 29.3. The molecule has 0 radical (unpaired) electrons. The molecule has 148 valence electrons. The van der Waals surface area contributed by atoms with Gasteiger partial charge in [0.25, 0.3) is 0 Å². The highest BCUT2D eigenvalue weighted by Gasteiger charge is 2.34. The van der Waals surface area contributed by atoms with Crippen LogP contribution in [0.3, 0.4) is 0 Å². The minimum absolute atomic E-state index is 0.116. The summed E-state index contributed by atoms with van der Waals surface area (Å²) in [5, 5.41) is 7.01. The molecule has 0 unspecified atom stereocenters. The molecule has 7 nitrogen and oxygen atoms in total. The van der Waals surface area contributed by atoms with Gasteiger partial charge in [-0.3, -0.25) is 14.5 Å². The number of amides is 2. The van der Waals surface area contributed by atoms with Crippen LogP contribution in [0.1, 0.15) is 50.0 Å². The summed E-state index contributed by atoms with van der Waals surface area (Å²) in [5.41, 5.74) is 0.807. The highest BCUT2D eigenvalue weighted by Crippen LogP contribution is 2.26. The molecule has 1 saturated carbocycles. The Kier molecular flexibility index (Phi) is 5.48. The molecule has 0 spiro atoms. The molecule has 3 fully saturated rings. The summed E-state index contributed by atoms with van der Waals surface area (Å²) in [6.07, 6.45) is 6.63. The number of piperidine rings is 2. The van der Waals surface area contributed by atoms with Crippen molar-refractivity contribution < 1.29 is 14.1 Å². The number of likely N-dealkylation sites (tertiary alicyclic amines) is 2. The van der Waals surface area contributed by atoms with Crippen LogP contribution in [0, 0.1) is 12.8 Å². The monoisotopic (exact) mass is 374 g/mol. The maximum absolute atomic E-state index is 12.5. The summed E-state index contributed by atoms with van der Waals surface area (Å²) >= 11 is 0. The first-order valence-corrected chi connectivity index (χ1v) is 10.3. The smallest absolute Gasteiger partial charge is 0.230 e. The Hall–Kier alpha value is -1.89. The molecule has 1 aromatic heterocycles. The number of aryl methyl sites for hydroxylation is 1. The summed E-state index contributed by atoms with van der Waals surface area (Å²) in [7, 11) is 0. The molecule has 3 aliphatic rings. The molecule has 0 bridgehead atoms. The van der Waals surface area contributed by atoms with Crippen LogP contribution in [-0.4, -0.2) is 65.0 Å². The predicted molar refractivity (Wildman–Crippen MR) is 100 cm³/mol. The fourth-order valence-electron chi connectivity index (χ4n) is 4.34. The molecule has 3 heterocycles. The lowest BCUT2D eigenvalue weighted by molar-refractivity contribution is -0.132. The van der Waals surface area contributed by atoms with Crippen LogP contribution in [0.15, 0.2) is 10.6 Å². The molecule has 7 heteroatoms. The summed E-state index contributed by atoms with van der Waals surface area (Å²) in [6.45, 7) is 5.37. The standard InChI is InChI=1S/C20H30N4O3/c1-14-11-18(27-22-14)12-19(25)23-9-6-17(7-10-23)24-8-2-3-15(13-24)20(26)21-16-4-5-16/h11,15-17H,2-10,12-13H2,1H3,(H,21,26)/t15-/m1/s1. The lowest BCUT2D eigenvalue weighted by Crippen LogP contribution is -2.51. The topological polar surface area (TPSA) is 78.7 Å². The number of carbonyl (C=O) groups excluding carboxylic acids is 2. The zero-order chi connectivity index (χ0) is 18.8. The maximum Gasteiger partial charge on any atom is 0.230 e. The largest absolute Gasteiger partial charge is 0.361 e. The molecule has 2 amide bonds. The van der Waals surface area contributed by atoms with Gasteiger partial charge in [-0.1, -0.05) is 5.16 Å². The third-order valence-corrected chi connectivity index (χ3v) is 6.08. The number of hydrogen-bond donors (Lipinski definition) is 1. The van der Waals surface area contributed by atoms with Crippen molar-refractivity contribution >= 4 is 11.8 Å². The van der Waals surface area contributed by atoms with Gasteiger partial charge in [-0.25, -0.2) is 0 Å². The van der Waals surface area contributed by atoms with Gasteiger partial charge in [0.2, 0.25) is 11.8 Å². The van der Waals surface area contributed by atoms with Crippen LogP contribution in [0.2, 0.25) is 0 Å². The van der Waals surface area contributed by atoms with Crippen LogP contribution in [0.25, 0.3) is 0 Å². The first-order valence-electron chi connectivity index (χ1n) is 10.3. The molecule has 1 aromatic rings. The zero-order valence-corrected chi connectivity index (χ0v) is 16.2. The molecule has 4 rings (SSSR count). The number of aromatic nitrogens is 1. The Morgan fingerprint density at radius 3 is 2.63 bits per heavy atom. The quantitative estimate of drug-likeness (QED) is 0.845. The highest BCUT2D eigenvalue weighted by molar-refractivity contribution is 5.79. The van der Waals surface area contributed by atoms with Crippen LogP contribution in [0.5, 0.6) is 0 Å². The van der Waals surface area contributed by atoms with Gasteiger partial charge < -0.3 is 14.7 Å². The fraction of sp³-hybridized carbons (Fsp3) is 0.750. The van der Waals surface area contributed by atoms with Gasteiger partial charge in [-0.05, 0) is 52.0 Å². The number of hydrogen-bond acceptors (Lipinski definition) is 5. The van der Waals surface area contributed by atoms with E-state index in [-0.39, 0.29) is 17.7 Å². The number of rotatable bonds is 5. The Bertz CT molecular complexity index is 677. The second-order valence-electron chi connectivity index (χ2n) is 8.34. The third kappa shape index (κ3) is 4.69. The second-order valence-corrected chi connectivity index (χ2v) is 8.34. The van der Waals surface area contributed by atoms with Gasteiger partial charge in [0.15, 0.2) is 0 Å². The Morgan fingerprint density at radius 1 is 1.19 bits per heavy atom. The summed E-state index contributed by atoms with van der Waals surface area (Å²) in [5.74, 6) is 1.14. The number of carbonyl (C=O) groups is 2. The van der Waals surface area contributed by atoms with E-state index in [1.807, 2.05) is 17.9 Å². The Balaban J connectivity index is 1.24. The average molecular weight is 374 g/mol. The first-order chi connectivity index (χ1) is 13.1. The summed E-state index contributed by atoms with van der Waals surface area (Å²) < 4.78 is 5.16. The molecule has 1 aliphatic carbocycles. The van der Waals surface area contributed by atoms with E-state index < -0.39 is 0 Å². The van der Waals surface area contributed by atoms with E-state index in [0.717, 1.165) is 70.4 Å². The number of nitrogens with one attached hydrogen (secondary N) is 1. The van der Waals surface area contributed by atoms with Crippen LogP contribution in [0.4, 0.5) is 0 Å². The lowest BCUT2D eigenvalue weighted by atomic mass is 9.93. The SMILES string of the molecule is Cc1cc(CC(=O)N2CCC(N3CCC[C@@H](C(=O)NC4CC4)C3)CC2)on1. The average Bonchev–Trinajstić information content (AvgIpc) is 3.41. The normalized spacial score (nSPS) is 24.8. The van der Waals surface area contributed by atoms with Gasteiger partial charge in [0.1, 0.15) is 5.76 Å². The maximum atomic E-state index is 12.5. The van der Waals surface area contributed by atoms with E-state index in [9.17, 15) is 9.59 Å². The fourth-order valence-corrected chi connectivity index (χ4v) is 4.34. The van der Waals surface area contributed by atoms with Crippen molar-refractivity contribution in [3.63, 3.8) is 0 Å².